The Morgan fingerprint density at radius 3 is 2.60 bits per heavy atom. The van der Waals surface area contributed by atoms with Crippen molar-refractivity contribution in [1.29, 1.82) is 0 Å². The van der Waals surface area contributed by atoms with Crippen LogP contribution in [0.2, 0.25) is 0 Å². The van der Waals surface area contributed by atoms with Gasteiger partial charge in [0.05, 0.1) is 4.92 Å². The Morgan fingerprint density at radius 1 is 1.60 bits per heavy atom. The van der Waals surface area contributed by atoms with Gasteiger partial charge in [-0.05, 0) is 6.08 Å². The molecule has 0 aromatic heterocycles. The van der Waals surface area contributed by atoms with Crippen molar-refractivity contribution in [2.24, 2.45) is 0 Å². The van der Waals surface area contributed by atoms with E-state index in [0.29, 0.717) is 0 Å². The first-order chi connectivity index (χ1) is 6.86. The summed E-state index contributed by atoms with van der Waals surface area (Å²) in [6, 6.07) is 0. The fourth-order valence-corrected chi connectivity index (χ4v) is 1.72. The lowest BCUT2D eigenvalue weighted by molar-refractivity contribution is -0.419. The maximum Gasteiger partial charge on any atom is 0.323 e. The van der Waals surface area contributed by atoms with Gasteiger partial charge in [0.2, 0.25) is 5.25 Å². The molecule has 0 aromatic rings. The lowest BCUT2D eigenvalue weighted by Gasteiger charge is -2.05. The van der Waals surface area contributed by atoms with E-state index in [9.17, 15) is 18.5 Å². The van der Waals surface area contributed by atoms with Crippen LogP contribution in [0.15, 0.2) is 23.9 Å². The topological polar surface area (TPSA) is 134 Å². The zero-order valence-electron chi connectivity index (χ0n) is 7.14. The molecule has 0 saturated heterocycles. The minimum absolute atomic E-state index is 0.428. The van der Waals surface area contributed by atoms with E-state index in [1.807, 2.05) is 0 Å². The standard InChI is InChI=1S/C6H5N3O5S/c7-8-5-3-4(9(10)11)1-2-6(5)15(12,13)14/h1-3,6H,(H,12,13,14). The van der Waals surface area contributed by atoms with Crippen LogP contribution in [0.1, 0.15) is 0 Å². The molecule has 1 unspecified atom stereocenters. The molecule has 0 aliphatic heterocycles. The number of rotatable bonds is 2. The molecule has 1 aliphatic carbocycles. The van der Waals surface area contributed by atoms with Crippen LogP contribution in [0.4, 0.5) is 0 Å². The van der Waals surface area contributed by atoms with Gasteiger partial charge in [0, 0.05) is 6.08 Å². The van der Waals surface area contributed by atoms with Gasteiger partial charge in [0.25, 0.3) is 15.8 Å². The Morgan fingerprint density at radius 2 is 2.20 bits per heavy atom. The minimum Gasteiger partial charge on any atom is -0.361 e. The highest BCUT2D eigenvalue weighted by atomic mass is 32.2. The van der Waals surface area contributed by atoms with E-state index in [0.717, 1.165) is 18.2 Å². The van der Waals surface area contributed by atoms with Crippen LogP contribution >= 0.6 is 0 Å². The summed E-state index contributed by atoms with van der Waals surface area (Å²) < 4.78 is 30.2. The average molecular weight is 231 g/mol. The largest absolute Gasteiger partial charge is 0.361 e. The number of nitrogens with zero attached hydrogens (tertiary/aromatic N) is 3. The molecule has 0 spiro atoms. The summed E-state index contributed by atoms with van der Waals surface area (Å²) in [5, 5.41) is 8.73. The third-order valence-electron chi connectivity index (χ3n) is 1.68. The minimum atomic E-state index is -4.48. The van der Waals surface area contributed by atoms with Crippen LogP contribution in [0.5, 0.6) is 0 Å². The lowest BCUT2D eigenvalue weighted by Crippen LogP contribution is -2.30. The highest BCUT2D eigenvalue weighted by Crippen LogP contribution is 2.13. The molecule has 9 heteroatoms. The highest BCUT2D eigenvalue weighted by molar-refractivity contribution is 7.87. The van der Waals surface area contributed by atoms with E-state index in [1.165, 1.54) is 0 Å². The molecule has 0 bridgehead atoms. The van der Waals surface area contributed by atoms with Crippen molar-refractivity contribution in [3.63, 3.8) is 0 Å². The van der Waals surface area contributed by atoms with Gasteiger partial charge in [-0.15, -0.1) is 0 Å². The van der Waals surface area contributed by atoms with Crippen molar-refractivity contribution in [3.05, 3.63) is 39.6 Å². The van der Waals surface area contributed by atoms with E-state index >= 15 is 0 Å². The second-order valence-corrected chi connectivity index (χ2v) is 4.18. The summed E-state index contributed by atoms with van der Waals surface area (Å²) in [6.45, 7) is 0. The maximum absolute atomic E-state index is 10.7. The van der Waals surface area contributed by atoms with Gasteiger partial charge in [-0.2, -0.15) is 13.2 Å². The van der Waals surface area contributed by atoms with Crippen LogP contribution in [0.25, 0.3) is 5.53 Å². The number of hydrogen-bond donors (Lipinski definition) is 1. The molecule has 0 fully saturated rings. The van der Waals surface area contributed by atoms with Crippen LogP contribution < -0.4 is 0 Å². The molecule has 80 valence electrons. The van der Waals surface area contributed by atoms with E-state index in [-0.39, 0.29) is 0 Å². The molecule has 0 heterocycles. The summed E-state index contributed by atoms with van der Waals surface area (Å²) >= 11 is 0. The van der Waals surface area contributed by atoms with Gasteiger partial charge < -0.3 is 5.53 Å². The lowest BCUT2D eigenvalue weighted by atomic mass is 10.1. The Bertz CT molecular complexity index is 511. The van der Waals surface area contributed by atoms with Crippen molar-refractivity contribution < 1.29 is 22.7 Å². The average Bonchev–Trinajstić information content (AvgIpc) is 2.15. The summed E-state index contributed by atoms with van der Waals surface area (Å²) in [7, 11) is -4.48. The van der Waals surface area contributed by atoms with Gasteiger partial charge in [0.1, 0.15) is 6.08 Å². The molecule has 1 atom stereocenters. The van der Waals surface area contributed by atoms with Gasteiger partial charge >= 0.3 is 5.71 Å². The zero-order chi connectivity index (χ0) is 11.6. The van der Waals surface area contributed by atoms with Crippen LogP contribution in [0, 0.1) is 10.1 Å². The molecule has 0 saturated carbocycles. The van der Waals surface area contributed by atoms with E-state index < -0.39 is 31.7 Å². The molecule has 8 nitrogen and oxygen atoms in total. The molecule has 1 N–H and O–H groups in total. The summed E-state index contributed by atoms with van der Waals surface area (Å²) in [5.41, 5.74) is 7.50. The molecule has 0 radical (unpaired) electrons. The molecule has 0 amide bonds. The fourth-order valence-electron chi connectivity index (χ4n) is 1.02. The van der Waals surface area contributed by atoms with Gasteiger partial charge in [0.15, 0.2) is 0 Å². The molecule has 1 aliphatic rings. The second kappa shape index (κ2) is 3.73. The second-order valence-electron chi connectivity index (χ2n) is 2.65. The molecule has 1 rings (SSSR count). The Balaban J connectivity index is 3.23. The van der Waals surface area contributed by atoms with E-state index in [1.54, 1.807) is 0 Å². The third kappa shape index (κ3) is 2.34. The van der Waals surface area contributed by atoms with Gasteiger partial charge in [-0.3, -0.25) is 14.7 Å². The number of nitro groups is 1. The summed E-state index contributed by atoms with van der Waals surface area (Å²) in [6.07, 6.45) is 2.54. The molecule has 15 heavy (non-hydrogen) atoms. The van der Waals surface area contributed by atoms with Crippen molar-refractivity contribution >= 4 is 15.8 Å². The third-order valence-corrected chi connectivity index (χ3v) is 2.72. The highest BCUT2D eigenvalue weighted by Gasteiger charge is 2.36. The molecule has 0 aromatic carbocycles. The first kappa shape index (κ1) is 11.2. The Labute approximate surface area is 84.0 Å². The smallest absolute Gasteiger partial charge is 0.323 e. The van der Waals surface area contributed by atoms with Crippen LogP contribution in [-0.4, -0.2) is 33.6 Å². The zero-order valence-corrected chi connectivity index (χ0v) is 7.96. The summed E-state index contributed by atoms with van der Waals surface area (Å²) in [5.74, 6) is 0. The van der Waals surface area contributed by atoms with E-state index in [4.69, 9.17) is 10.1 Å². The monoisotopic (exact) mass is 231 g/mol. The first-order valence-electron chi connectivity index (χ1n) is 3.59. The van der Waals surface area contributed by atoms with Crippen molar-refractivity contribution in [1.82, 2.24) is 0 Å². The first-order valence-corrected chi connectivity index (χ1v) is 5.09. The van der Waals surface area contributed by atoms with Crippen LogP contribution in [-0.2, 0) is 10.1 Å². The Hall–Kier alpha value is -1.83. The normalized spacial score (nSPS) is 20.7. The SMILES string of the molecule is [N-]=[N+]=C1C=C([N+](=O)[O-])C=CC1S(=O)(=O)O. The predicted molar refractivity (Wildman–Crippen MR) is 48.2 cm³/mol. The number of allylic oxidation sites excluding steroid dienone is 2. The van der Waals surface area contributed by atoms with Crippen molar-refractivity contribution in [2.75, 3.05) is 0 Å². The quantitative estimate of drug-likeness (QED) is 0.228. The Kier molecular flexibility index (Phi) is 2.80. The van der Waals surface area contributed by atoms with E-state index in [2.05, 4.69) is 4.79 Å². The maximum atomic E-state index is 10.7. The molecular weight excluding hydrogens is 226 g/mol. The predicted octanol–water partition coefficient (Wildman–Crippen LogP) is -0.356. The fraction of sp³-hybridized carbons (Fsp3) is 0.167. The van der Waals surface area contributed by atoms with Crippen molar-refractivity contribution in [2.45, 2.75) is 5.25 Å². The van der Waals surface area contributed by atoms with Gasteiger partial charge in [-0.25, -0.2) is 0 Å². The van der Waals surface area contributed by atoms with Gasteiger partial charge in [-0.1, -0.05) is 0 Å². The number of hydrogen-bond acceptors (Lipinski definition) is 4. The van der Waals surface area contributed by atoms with Crippen molar-refractivity contribution in [3.8, 4) is 0 Å². The van der Waals surface area contributed by atoms with Crippen LogP contribution in [0.3, 0.4) is 0 Å². The summed E-state index contributed by atoms with van der Waals surface area (Å²) in [4.78, 5) is 12.1. The molecular formula is C6H5N3O5S.